The molecule has 2 aromatic heterocycles. The van der Waals surface area contributed by atoms with Crippen LogP contribution in [0.2, 0.25) is 0 Å². The van der Waals surface area contributed by atoms with Gasteiger partial charge >= 0.3 is 5.97 Å². The van der Waals surface area contributed by atoms with Gasteiger partial charge in [0.15, 0.2) is 0 Å². The maximum absolute atomic E-state index is 11.6. The molecule has 0 bridgehead atoms. The van der Waals surface area contributed by atoms with E-state index in [2.05, 4.69) is 36.7 Å². The topological polar surface area (TPSA) is 63.3 Å². The predicted octanol–water partition coefficient (Wildman–Crippen LogP) is 7.03. The highest BCUT2D eigenvalue weighted by molar-refractivity contribution is 7.10. The van der Waals surface area contributed by atoms with Gasteiger partial charge in [-0.2, -0.15) is 0 Å². The van der Waals surface area contributed by atoms with Crippen molar-refractivity contribution in [2.24, 2.45) is 5.73 Å². The second kappa shape index (κ2) is 10.4. The van der Waals surface area contributed by atoms with E-state index in [0.29, 0.717) is 0 Å². The van der Waals surface area contributed by atoms with Crippen LogP contribution in [-0.2, 0) is 28.6 Å². The van der Waals surface area contributed by atoms with Crippen LogP contribution in [0.25, 0.3) is 0 Å². The molecule has 5 heteroatoms. The normalized spacial score (nSPS) is 20.2. The molecule has 30 heavy (non-hydrogen) atoms. The quantitative estimate of drug-likeness (QED) is 0.517. The number of aliphatic carboxylic acids is 1. The maximum atomic E-state index is 11.6. The second-order valence-corrected chi connectivity index (χ2v) is 11.0. The molecule has 2 heterocycles. The Morgan fingerprint density at radius 3 is 1.80 bits per heavy atom. The van der Waals surface area contributed by atoms with Gasteiger partial charge in [-0.15, -0.1) is 22.7 Å². The van der Waals surface area contributed by atoms with Crippen LogP contribution in [0.3, 0.4) is 0 Å². The molecular weight excluding hydrogens is 410 g/mol. The summed E-state index contributed by atoms with van der Waals surface area (Å²) in [6, 6.07) is 4.42. The van der Waals surface area contributed by atoms with E-state index in [1.54, 1.807) is 11.3 Å². The molecule has 2 aliphatic rings. The van der Waals surface area contributed by atoms with Gasteiger partial charge in [0.2, 0.25) is 0 Å². The zero-order valence-corrected chi connectivity index (χ0v) is 20.2. The fourth-order valence-electron chi connectivity index (χ4n) is 4.90. The van der Waals surface area contributed by atoms with E-state index in [-0.39, 0.29) is 5.54 Å². The van der Waals surface area contributed by atoms with Crippen LogP contribution in [0, 0.1) is 0 Å². The van der Waals surface area contributed by atoms with Gasteiger partial charge in [0.25, 0.3) is 0 Å². The molecule has 4 rings (SSSR count). The molecule has 2 saturated carbocycles. The van der Waals surface area contributed by atoms with E-state index in [9.17, 15) is 9.90 Å². The number of rotatable bonds is 5. The van der Waals surface area contributed by atoms with Crippen LogP contribution >= 0.6 is 22.7 Å². The summed E-state index contributed by atoms with van der Waals surface area (Å²) >= 11 is 3.56. The third-order valence-corrected chi connectivity index (χ3v) is 9.16. The predicted molar refractivity (Wildman–Crippen MR) is 129 cm³/mol. The molecule has 0 aliphatic heterocycles. The molecule has 3 nitrogen and oxygen atoms in total. The molecule has 0 aromatic carbocycles. The van der Waals surface area contributed by atoms with Gasteiger partial charge in [-0.05, 0) is 72.5 Å². The van der Waals surface area contributed by atoms with Crippen LogP contribution < -0.4 is 5.73 Å². The van der Waals surface area contributed by atoms with Crippen molar-refractivity contribution >= 4 is 28.6 Å². The molecule has 3 N–H and O–H groups in total. The molecule has 0 unspecified atom stereocenters. The van der Waals surface area contributed by atoms with Crippen molar-refractivity contribution in [3.63, 3.8) is 0 Å². The summed E-state index contributed by atoms with van der Waals surface area (Å²) in [7, 11) is 0. The summed E-state index contributed by atoms with van der Waals surface area (Å²) in [5.74, 6) is -0.632. The van der Waals surface area contributed by atoms with Crippen molar-refractivity contribution in [1.29, 1.82) is 0 Å². The van der Waals surface area contributed by atoms with E-state index in [1.807, 2.05) is 11.3 Å². The van der Waals surface area contributed by atoms with Gasteiger partial charge < -0.3 is 10.8 Å². The smallest absolute Gasteiger partial charge is 0.314 e. The summed E-state index contributed by atoms with van der Waals surface area (Å²) in [6.45, 7) is 4.32. The van der Waals surface area contributed by atoms with Crippen molar-refractivity contribution in [2.75, 3.05) is 0 Å². The maximum Gasteiger partial charge on any atom is 0.314 e. The fourth-order valence-corrected chi connectivity index (χ4v) is 6.77. The number of carboxylic acid groups (broad SMARTS) is 1. The van der Waals surface area contributed by atoms with Crippen LogP contribution in [0.5, 0.6) is 0 Å². The minimum atomic E-state index is -0.632. The Hall–Kier alpha value is -1.17. The molecular formula is C25H37NO2S2. The first-order valence-electron chi connectivity index (χ1n) is 11.6. The number of nitrogens with two attached hydrogens (primary N) is 1. The lowest BCUT2D eigenvalue weighted by atomic mass is 9.70. The average molecular weight is 448 g/mol. The molecule has 0 amide bonds. The minimum absolute atomic E-state index is 0.00215. The first-order valence-corrected chi connectivity index (χ1v) is 13.4. The number of carboxylic acids is 1. The average Bonchev–Trinajstić information content (AvgIpc) is 3.45. The van der Waals surface area contributed by atoms with E-state index >= 15 is 0 Å². The largest absolute Gasteiger partial charge is 0.481 e. The molecule has 0 spiro atoms. The van der Waals surface area contributed by atoms with Crippen molar-refractivity contribution in [1.82, 2.24) is 0 Å². The lowest BCUT2D eigenvalue weighted by Gasteiger charge is -2.32. The fraction of sp³-hybridized carbons (Fsp3) is 0.640. The van der Waals surface area contributed by atoms with E-state index in [0.717, 1.165) is 44.1 Å². The molecule has 0 radical (unpaired) electrons. The number of thiophene rings is 2. The van der Waals surface area contributed by atoms with Crippen LogP contribution in [0.1, 0.15) is 98.9 Å². The monoisotopic (exact) mass is 447 g/mol. The highest BCUT2D eigenvalue weighted by Gasteiger charge is 2.41. The molecule has 166 valence electrons. The van der Waals surface area contributed by atoms with E-state index in [4.69, 9.17) is 5.73 Å². The van der Waals surface area contributed by atoms with Gasteiger partial charge in [-0.1, -0.05) is 52.4 Å². The zero-order chi connectivity index (χ0) is 21.6. The molecule has 2 aromatic rings. The number of aryl methyl sites for hydroxylation is 2. The highest BCUT2D eigenvalue weighted by atomic mass is 32.1. The van der Waals surface area contributed by atoms with Crippen molar-refractivity contribution in [3.05, 3.63) is 43.8 Å². The summed E-state index contributed by atoms with van der Waals surface area (Å²) < 4.78 is 0. The Morgan fingerprint density at radius 1 is 0.867 bits per heavy atom. The first-order chi connectivity index (χ1) is 14.4. The zero-order valence-electron chi connectivity index (χ0n) is 18.5. The van der Waals surface area contributed by atoms with Gasteiger partial charge in [0.05, 0.1) is 5.41 Å². The number of hydrogen-bond acceptors (Lipinski definition) is 4. The van der Waals surface area contributed by atoms with Crippen molar-refractivity contribution in [3.8, 4) is 0 Å². The third-order valence-electron chi connectivity index (χ3n) is 6.99. The van der Waals surface area contributed by atoms with E-state index < -0.39 is 11.4 Å². The summed E-state index contributed by atoms with van der Waals surface area (Å²) in [5, 5.41) is 13.9. The number of carbonyl (C=O) groups is 1. The molecule has 0 atom stereocenters. The van der Waals surface area contributed by atoms with Crippen LogP contribution in [-0.4, -0.2) is 11.1 Å². The molecule has 0 saturated heterocycles. The van der Waals surface area contributed by atoms with Crippen molar-refractivity contribution in [2.45, 2.75) is 102 Å². The summed E-state index contributed by atoms with van der Waals surface area (Å²) in [6.07, 6.45) is 13.3. The van der Waals surface area contributed by atoms with Crippen molar-refractivity contribution < 1.29 is 9.90 Å². The minimum Gasteiger partial charge on any atom is -0.481 e. The summed E-state index contributed by atoms with van der Waals surface area (Å²) in [5.41, 5.74) is 8.31. The van der Waals surface area contributed by atoms with Gasteiger partial charge in [0, 0.05) is 15.3 Å². The summed E-state index contributed by atoms with van der Waals surface area (Å²) in [4.78, 5) is 14.3. The lowest BCUT2D eigenvalue weighted by molar-refractivity contribution is -0.145. The number of hydrogen-bond donors (Lipinski definition) is 2. The Bertz CT molecular complexity index is 811. The molecule has 2 fully saturated rings. The first kappa shape index (κ1) is 23.5. The lowest BCUT2D eigenvalue weighted by Crippen LogP contribution is -2.38. The molecule has 2 aliphatic carbocycles. The van der Waals surface area contributed by atoms with E-state index in [1.165, 1.54) is 53.8 Å². The Morgan fingerprint density at radius 2 is 1.33 bits per heavy atom. The van der Waals surface area contributed by atoms with Gasteiger partial charge in [0.1, 0.15) is 0 Å². The standard InChI is InChI=1S/C13H18O2S.C12H19NS/c1-2-11-8-10(9-16-11)13(12(14)15)6-4-3-5-7-13;1-2-11-8-10(9-14-11)12(13)6-4-3-5-7-12/h8-9H,2-7H2,1H3,(H,14,15);8-9H,2-7,13H2,1H3. The Kier molecular flexibility index (Phi) is 8.17. The van der Waals surface area contributed by atoms with Gasteiger partial charge in [-0.3, -0.25) is 4.79 Å². The Labute approximate surface area is 189 Å². The van der Waals surface area contributed by atoms with Crippen LogP contribution in [0.15, 0.2) is 22.9 Å². The van der Waals surface area contributed by atoms with Crippen LogP contribution in [0.4, 0.5) is 0 Å². The van der Waals surface area contributed by atoms with Gasteiger partial charge in [-0.25, -0.2) is 0 Å². The Balaban J connectivity index is 0.000000172. The highest BCUT2D eigenvalue weighted by Crippen LogP contribution is 2.41. The second-order valence-electron chi connectivity index (χ2n) is 8.98. The SMILES string of the molecule is CCc1cc(C2(C(=O)O)CCCCC2)cs1.CCc1cc(C2(N)CCCCC2)cs1. The third kappa shape index (κ3) is 5.17.